The molecule has 10 heteroatoms. The molecular weight excluding hydrogens is 521 g/mol. The highest BCUT2D eigenvalue weighted by Crippen LogP contribution is 2.33. The van der Waals surface area contributed by atoms with Gasteiger partial charge >= 0.3 is 6.18 Å². The highest BCUT2D eigenvalue weighted by atomic mass is 19.4. The third kappa shape index (κ3) is 7.94. The Balaban J connectivity index is 1.41. The Labute approximate surface area is 230 Å². The molecule has 0 unspecified atom stereocenters. The number of alkyl halides is 3. The summed E-state index contributed by atoms with van der Waals surface area (Å²) in [4.78, 5) is 30.3. The van der Waals surface area contributed by atoms with Gasteiger partial charge in [-0.3, -0.25) is 19.5 Å². The zero-order chi connectivity index (χ0) is 28.5. The summed E-state index contributed by atoms with van der Waals surface area (Å²) in [5.41, 5.74) is -0.206. The maximum Gasteiger partial charge on any atom is 0.417 e. The topological polar surface area (TPSA) is 83.6 Å². The van der Waals surface area contributed by atoms with Crippen molar-refractivity contribution in [2.45, 2.75) is 19.0 Å². The third-order valence-electron chi connectivity index (χ3n) is 6.03. The second-order valence-electron chi connectivity index (χ2n) is 9.00. The summed E-state index contributed by atoms with van der Waals surface area (Å²) < 4.78 is 46.9. The number of pyridine rings is 1. The average Bonchev–Trinajstić information content (AvgIpc) is 3.45. The fraction of sp³-hybridized carbons (Fsp3) is 0.233. The Bertz CT molecular complexity index is 1470. The van der Waals surface area contributed by atoms with Gasteiger partial charge in [0.1, 0.15) is 17.2 Å². The van der Waals surface area contributed by atoms with Crippen molar-refractivity contribution in [3.63, 3.8) is 0 Å². The van der Waals surface area contributed by atoms with Crippen LogP contribution in [0.2, 0.25) is 0 Å². The van der Waals surface area contributed by atoms with Crippen molar-refractivity contribution >= 4 is 23.6 Å². The van der Waals surface area contributed by atoms with Gasteiger partial charge in [-0.1, -0.05) is 24.0 Å². The first kappa shape index (κ1) is 28.4. The van der Waals surface area contributed by atoms with Gasteiger partial charge in [-0.15, -0.1) is 0 Å². The van der Waals surface area contributed by atoms with E-state index >= 15 is 0 Å². The average molecular weight is 549 g/mol. The summed E-state index contributed by atoms with van der Waals surface area (Å²) in [5.74, 6) is 5.37. The largest absolute Gasteiger partial charge is 0.457 e. The van der Waals surface area contributed by atoms with E-state index in [9.17, 15) is 22.8 Å². The summed E-state index contributed by atoms with van der Waals surface area (Å²) in [6.07, 6.45) is 1.70. The molecule has 7 nitrogen and oxygen atoms in total. The van der Waals surface area contributed by atoms with Gasteiger partial charge in [0.15, 0.2) is 0 Å². The van der Waals surface area contributed by atoms with Crippen LogP contribution < -0.4 is 15.4 Å². The number of likely N-dealkylation sites (tertiary alicyclic amines) is 1. The Kier molecular flexibility index (Phi) is 9.19. The number of halogens is 3. The van der Waals surface area contributed by atoms with Gasteiger partial charge in [0.2, 0.25) is 5.91 Å². The number of benzene rings is 2. The van der Waals surface area contributed by atoms with Crippen LogP contribution in [0.15, 0.2) is 66.9 Å². The first-order valence-corrected chi connectivity index (χ1v) is 12.6. The van der Waals surface area contributed by atoms with Crippen molar-refractivity contribution in [1.82, 2.24) is 15.2 Å². The van der Waals surface area contributed by atoms with Crippen molar-refractivity contribution in [3.8, 4) is 23.3 Å². The maximum atomic E-state index is 13.7. The number of anilines is 1. The minimum Gasteiger partial charge on any atom is -0.457 e. The van der Waals surface area contributed by atoms with E-state index in [0.29, 0.717) is 23.6 Å². The van der Waals surface area contributed by atoms with Crippen molar-refractivity contribution in [1.29, 1.82) is 0 Å². The second-order valence-corrected chi connectivity index (χ2v) is 9.00. The smallest absolute Gasteiger partial charge is 0.417 e. The summed E-state index contributed by atoms with van der Waals surface area (Å²) in [5, 5.41) is 4.96. The summed E-state index contributed by atoms with van der Waals surface area (Å²) in [6.45, 7) is 2.23. The second kappa shape index (κ2) is 13.0. The van der Waals surface area contributed by atoms with Crippen LogP contribution in [0.1, 0.15) is 40.0 Å². The molecule has 206 valence electrons. The lowest BCUT2D eigenvalue weighted by atomic mass is 10.1. The molecule has 4 rings (SSSR count). The molecule has 3 aromatic rings. The van der Waals surface area contributed by atoms with Crippen molar-refractivity contribution in [2.24, 2.45) is 0 Å². The van der Waals surface area contributed by atoms with Crippen molar-refractivity contribution < 1.29 is 27.5 Å². The lowest BCUT2D eigenvalue weighted by Crippen LogP contribution is -2.19. The van der Waals surface area contributed by atoms with Crippen LogP contribution >= 0.6 is 0 Å². The molecule has 2 N–H and O–H groups in total. The van der Waals surface area contributed by atoms with E-state index in [1.54, 1.807) is 30.3 Å². The van der Waals surface area contributed by atoms with Crippen LogP contribution in [0.5, 0.6) is 11.5 Å². The van der Waals surface area contributed by atoms with E-state index in [-0.39, 0.29) is 22.9 Å². The highest BCUT2D eigenvalue weighted by Gasteiger charge is 2.33. The quantitative estimate of drug-likeness (QED) is 0.307. The van der Waals surface area contributed by atoms with Crippen LogP contribution in [-0.4, -0.2) is 48.4 Å². The molecule has 0 bridgehead atoms. The number of carbonyl (C=O) groups is 2. The van der Waals surface area contributed by atoms with Gasteiger partial charge in [-0.25, -0.2) is 0 Å². The zero-order valence-corrected chi connectivity index (χ0v) is 21.7. The van der Waals surface area contributed by atoms with Gasteiger partial charge in [0, 0.05) is 36.6 Å². The lowest BCUT2D eigenvalue weighted by molar-refractivity contribution is -0.137. The Morgan fingerprint density at radius 3 is 2.60 bits per heavy atom. The number of nitrogens with one attached hydrogen (secondary N) is 2. The molecule has 1 aromatic heterocycles. The molecule has 0 radical (unpaired) electrons. The molecule has 0 atom stereocenters. The molecule has 40 heavy (non-hydrogen) atoms. The predicted molar refractivity (Wildman–Crippen MR) is 146 cm³/mol. The normalized spacial score (nSPS) is 13.5. The Hall–Kier alpha value is -4.62. The number of hydrogen-bond donors (Lipinski definition) is 2. The van der Waals surface area contributed by atoms with Crippen LogP contribution in [0.3, 0.4) is 0 Å². The fourth-order valence-electron chi connectivity index (χ4n) is 4.05. The van der Waals surface area contributed by atoms with E-state index < -0.39 is 17.6 Å². The van der Waals surface area contributed by atoms with Crippen LogP contribution in [-0.2, 0) is 11.0 Å². The molecule has 0 spiro atoms. The number of amides is 2. The zero-order valence-electron chi connectivity index (χ0n) is 21.7. The minimum atomic E-state index is -4.62. The first-order chi connectivity index (χ1) is 19.2. The van der Waals surface area contributed by atoms with Crippen molar-refractivity contribution in [3.05, 3.63) is 89.3 Å². The molecular formula is C30H27F3N4O3. The highest BCUT2D eigenvalue weighted by molar-refractivity contribution is 6.02. The molecule has 1 aliphatic rings. The maximum absolute atomic E-state index is 13.7. The molecule has 1 saturated heterocycles. The van der Waals surface area contributed by atoms with Gasteiger partial charge < -0.3 is 15.4 Å². The number of hydrogen-bond acceptors (Lipinski definition) is 5. The van der Waals surface area contributed by atoms with Gasteiger partial charge in [0.05, 0.1) is 12.1 Å². The van der Waals surface area contributed by atoms with Crippen LogP contribution in [0.25, 0.3) is 6.08 Å². The molecule has 2 heterocycles. The summed E-state index contributed by atoms with van der Waals surface area (Å²) in [6, 6.07) is 13.5. The number of carbonyl (C=O) groups excluding carboxylic acids is 2. The van der Waals surface area contributed by atoms with Crippen LogP contribution in [0.4, 0.5) is 18.9 Å². The monoisotopic (exact) mass is 548 g/mol. The molecule has 0 aliphatic carbocycles. The Morgan fingerprint density at radius 2 is 1.85 bits per heavy atom. The van der Waals surface area contributed by atoms with E-state index in [2.05, 4.69) is 32.4 Å². The van der Waals surface area contributed by atoms with Crippen molar-refractivity contribution in [2.75, 3.05) is 32.0 Å². The van der Waals surface area contributed by atoms with E-state index in [1.165, 1.54) is 43.6 Å². The third-order valence-corrected chi connectivity index (χ3v) is 6.03. The van der Waals surface area contributed by atoms with Gasteiger partial charge in [-0.2, -0.15) is 13.2 Å². The number of aromatic nitrogens is 1. The standard InChI is InChI=1S/C30H27F3N4O3/c1-34-29(39)27-20-25(13-14-35-27)40-24-8-4-6-21(18-24)9-12-28(38)36-23-11-10-22(26(19-23)30(31,32)33)7-5-17-37-15-2-3-16-37/h4,6,8-14,18-20H,2-3,15-17H2,1H3,(H,34,39)(H,36,38)/b12-9+. The van der Waals surface area contributed by atoms with E-state index in [0.717, 1.165) is 32.0 Å². The first-order valence-electron chi connectivity index (χ1n) is 12.6. The van der Waals surface area contributed by atoms with Crippen LogP contribution in [0, 0.1) is 11.8 Å². The van der Waals surface area contributed by atoms with E-state index in [4.69, 9.17) is 4.74 Å². The molecule has 1 aliphatic heterocycles. The predicted octanol–water partition coefficient (Wildman–Crippen LogP) is 5.35. The molecule has 1 fully saturated rings. The fourth-order valence-corrected chi connectivity index (χ4v) is 4.05. The number of ether oxygens (including phenoxy) is 1. The summed E-state index contributed by atoms with van der Waals surface area (Å²) in [7, 11) is 1.50. The molecule has 2 amide bonds. The molecule has 2 aromatic carbocycles. The summed E-state index contributed by atoms with van der Waals surface area (Å²) >= 11 is 0. The Morgan fingerprint density at radius 1 is 1.07 bits per heavy atom. The minimum absolute atomic E-state index is 0.00811. The van der Waals surface area contributed by atoms with Gasteiger partial charge in [-0.05, 0) is 74.0 Å². The lowest BCUT2D eigenvalue weighted by Gasteiger charge is -2.12. The number of nitrogens with zero attached hydrogens (tertiary/aromatic N) is 2. The molecule has 0 saturated carbocycles. The van der Waals surface area contributed by atoms with Gasteiger partial charge in [0.25, 0.3) is 5.91 Å². The van der Waals surface area contributed by atoms with E-state index in [1.807, 2.05) is 0 Å². The SMILES string of the molecule is CNC(=O)c1cc(Oc2cccc(/C=C/C(=O)Nc3ccc(C#CCN4CCCC4)c(C(F)(F)F)c3)c2)ccn1. The number of rotatable bonds is 7.